The first-order chi connectivity index (χ1) is 5.70. The Labute approximate surface area is 76.6 Å². The van der Waals surface area contributed by atoms with Gasteiger partial charge in [0.05, 0.1) is 10.6 Å². The zero-order valence-corrected chi connectivity index (χ0v) is 8.20. The molecule has 0 bridgehead atoms. The van der Waals surface area contributed by atoms with Crippen molar-refractivity contribution in [2.24, 2.45) is 0 Å². The molecule has 3 heteroatoms. The maximum atomic E-state index is 8.71. The highest BCUT2D eigenvalue weighted by Crippen LogP contribution is 2.21. The van der Waals surface area contributed by atoms with E-state index in [-0.39, 0.29) is 0 Å². The molecule has 0 unspecified atom stereocenters. The molecule has 0 amide bonds. The van der Waals surface area contributed by atoms with Crippen molar-refractivity contribution in [2.45, 2.75) is 18.9 Å². The molecule has 1 aromatic rings. The monoisotopic (exact) mass is 178 g/mol. The van der Waals surface area contributed by atoms with Crippen molar-refractivity contribution in [3.8, 4) is 6.07 Å². The molecule has 1 heterocycles. The third kappa shape index (κ3) is 1.44. The smallest absolute Gasteiger partial charge is 0.101 e. The summed E-state index contributed by atoms with van der Waals surface area (Å²) in [5.41, 5.74) is 2.82. The van der Waals surface area contributed by atoms with E-state index in [0.29, 0.717) is 5.56 Å². The molecule has 0 saturated carbocycles. The summed E-state index contributed by atoms with van der Waals surface area (Å²) in [4.78, 5) is 4.17. The van der Waals surface area contributed by atoms with Gasteiger partial charge in [-0.25, -0.2) is 4.98 Å². The van der Waals surface area contributed by atoms with Crippen LogP contribution in [0, 0.1) is 25.2 Å². The minimum Gasteiger partial charge on any atom is -0.248 e. The molecule has 0 radical (unpaired) electrons. The highest BCUT2D eigenvalue weighted by atomic mass is 32.2. The summed E-state index contributed by atoms with van der Waals surface area (Å²) in [6.45, 7) is 3.95. The fourth-order valence-electron chi connectivity index (χ4n) is 0.998. The van der Waals surface area contributed by atoms with E-state index in [2.05, 4.69) is 11.1 Å². The van der Waals surface area contributed by atoms with Crippen molar-refractivity contribution in [3.05, 3.63) is 22.9 Å². The van der Waals surface area contributed by atoms with E-state index in [0.717, 1.165) is 16.2 Å². The Balaban J connectivity index is 3.32. The van der Waals surface area contributed by atoms with Gasteiger partial charge >= 0.3 is 0 Å². The van der Waals surface area contributed by atoms with Gasteiger partial charge < -0.3 is 0 Å². The minimum absolute atomic E-state index is 0.672. The van der Waals surface area contributed by atoms with Crippen molar-refractivity contribution >= 4 is 11.8 Å². The number of hydrogen-bond acceptors (Lipinski definition) is 3. The maximum Gasteiger partial charge on any atom is 0.101 e. The lowest BCUT2D eigenvalue weighted by Gasteiger charge is -2.05. The minimum atomic E-state index is 0.672. The van der Waals surface area contributed by atoms with E-state index in [1.54, 1.807) is 18.0 Å². The molecule has 1 rings (SSSR count). The Kier molecular flexibility index (Phi) is 2.72. The number of thioether (sulfide) groups is 1. The van der Waals surface area contributed by atoms with E-state index in [4.69, 9.17) is 5.26 Å². The van der Waals surface area contributed by atoms with Crippen LogP contribution in [0.5, 0.6) is 0 Å². The van der Waals surface area contributed by atoms with E-state index in [1.165, 1.54) is 0 Å². The number of hydrogen-bond donors (Lipinski definition) is 0. The fraction of sp³-hybridized carbons (Fsp3) is 0.333. The van der Waals surface area contributed by atoms with Crippen LogP contribution in [0.1, 0.15) is 16.7 Å². The Morgan fingerprint density at radius 2 is 2.08 bits per heavy atom. The zero-order valence-electron chi connectivity index (χ0n) is 7.38. The molecule has 62 valence electrons. The van der Waals surface area contributed by atoms with Gasteiger partial charge in [0.25, 0.3) is 0 Å². The number of rotatable bonds is 1. The van der Waals surface area contributed by atoms with Gasteiger partial charge in [0, 0.05) is 6.20 Å². The average molecular weight is 178 g/mol. The van der Waals surface area contributed by atoms with E-state index < -0.39 is 0 Å². The molecule has 0 aliphatic rings. The second-order valence-corrected chi connectivity index (χ2v) is 3.34. The first-order valence-electron chi connectivity index (χ1n) is 3.61. The van der Waals surface area contributed by atoms with E-state index >= 15 is 0 Å². The van der Waals surface area contributed by atoms with Gasteiger partial charge in [-0.3, -0.25) is 0 Å². The normalized spacial score (nSPS) is 9.50. The number of pyridine rings is 1. The molecule has 2 nitrogen and oxygen atoms in total. The maximum absolute atomic E-state index is 8.71. The summed E-state index contributed by atoms with van der Waals surface area (Å²) in [6.07, 6.45) is 3.62. The van der Waals surface area contributed by atoms with Crippen molar-refractivity contribution in [3.63, 3.8) is 0 Å². The van der Waals surface area contributed by atoms with E-state index in [9.17, 15) is 0 Å². The third-order valence-corrected chi connectivity index (χ3v) is 2.71. The van der Waals surface area contributed by atoms with Gasteiger partial charge in [0.2, 0.25) is 0 Å². The lowest BCUT2D eigenvalue weighted by molar-refractivity contribution is 1.05. The van der Waals surface area contributed by atoms with Gasteiger partial charge in [-0.15, -0.1) is 11.8 Å². The third-order valence-electron chi connectivity index (χ3n) is 1.91. The summed E-state index contributed by atoms with van der Waals surface area (Å²) < 4.78 is 0. The highest BCUT2D eigenvalue weighted by molar-refractivity contribution is 7.98. The van der Waals surface area contributed by atoms with Crippen LogP contribution in [0.2, 0.25) is 0 Å². The number of nitriles is 1. The Morgan fingerprint density at radius 3 is 2.58 bits per heavy atom. The summed E-state index contributed by atoms with van der Waals surface area (Å²) in [7, 11) is 0. The average Bonchev–Trinajstić information content (AvgIpc) is 2.10. The molecular weight excluding hydrogens is 168 g/mol. The van der Waals surface area contributed by atoms with E-state index in [1.807, 2.05) is 20.1 Å². The van der Waals surface area contributed by atoms with Gasteiger partial charge in [-0.05, 0) is 31.2 Å². The lowest BCUT2D eigenvalue weighted by atomic mass is 10.1. The second kappa shape index (κ2) is 3.59. The van der Waals surface area contributed by atoms with Crippen molar-refractivity contribution in [2.75, 3.05) is 6.26 Å². The molecule has 0 saturated heterocycles. The van der Waals surface area contributed by atoms with Crippen molar-refractivity contribution < 1.29 is 0 Å². The Morgan fingerprint density at radius 1 is 1.42 bits per heavy atom. The second-order valence-electron chi connectivity index (χ2n) is 2.54. The van der Waals surface area contributed by atoms with Crippen LogP contribution in [0.25, 0.3) is 0 Å². The molecule has 0 spiro atoms. The molecule has 0 aromatic carbocycles. The summed E-state index contributed by atoms with van der Waals surface area (Å²) in [6, 6.07) is 2.12. The summed E-state index contributed by atoms with van der Waals surface area (Å²) in [5.74, 6) is 0. The Bertz CT molecular complexity index is 339. The first-order valence-corrected chi connectivity index (χ1v) is 4.83. The van der Waals surface area contributed by atoms with Crippen LogP contribution in [-0.4, -0.2) is 11.2 Å². The van der Waals surface area contributed by atoms with Gasteiger partial charge in [0.15, 0.2) is 0 Å². The molecule has 1 aromatic heterocycles. The van der Waals surface area contributed by atoms with Crippen LogP contribution < -0.4 is 0 Å². The van der Waals surface area contributed by atoms with Crippen LogP contribution in [0.15, 0.2) is 11.2 Å². The Hall–Kier alpha value is -1.01. The summed E-state index contributed by atoms with van der Waals surface area (Å²) >= 11 is 1.61. The zero-order chi connectivity index (χ0) is 9.14. The van der Waals surface area contributed by atoms with Gasteiger partial charge in [0.1, 0.15) is 6.07 Å². The van der Waals surface area contributed by atoms with Crippen molar-refractivity contribution in [1.29, 1.82) is 5.26 Å². The van der Waals surface area contributed by atoms with Gasteiger partial charge in [-0.1, -0.05) is 0 Å². The number of nitrogens with zero attached hydrogens (tertiary/aromatic N) is 2. The van der Waals surface area contributed by atoms with Crippen LogP contribution in [0.4, 0.5) is 0 Å². The van der Waals surface area contributed by atoms with Crippen LogP contribution in [0.3, 0.4) is 0 Å². The highest BCUT2D eigenvalue weighted by Gasteiger charge is 2.05. The SMILES string of the molecule is CSc1ncc(C#N)c(C)c1C. The van der Waals surface area contributed by atoms with Crippen LogP contribution >= 0.6 is 11.8 Å². The lowest BCUT2D eigenvalue weighted by Crippen LogP contribution is -1.93. The van der Waals surface area contributed by atoms with Crippen molar-refractivity contribution in [1.82, 2.24) is 4.98 Å². The topological polar surface area (TPSA) is 36.7 Å². The molecule has 0 fully saturated rings. The quantitative estimate of drug-likeness (QED) is 0.619. The molecule has 12 heavy (non-hydrogen) atoms. The largest absolute Gasteiger partial charge is 0.248 e. The summed E-state index contributed by atoms with van der Waals surface area (Å²) in [5, 5.41) is 9.72. The molecule has 0 atom stereocenters. The fourth-order valence-corrected chi connectivity index (χ4v) is 1.62. The number of aromatic nitrogens is 1. The predicted octanol–water partition coefficient (Wildman–Crippen LogP) is 2.29. The standard InChI is InChI=1S/C9H10N2S/c1-6-7(2)9(12-3)11-5-8(6)4-10/h5H,1-3H3. The molecule has 0 aliphatic carbocycles. The molecule has 0 N–H and O–H groups in total. The van der Waals surface area contributed by atoms with Crippen LogP contribution in [-0.2, 0) is 0 Å². The molecular formula is C9H10N2S. The first kappa shape index (κ1) is 9.08. The molecule has 0 aliphatic heterocycles. The predicted molar refractivity (Wildman–Crippen MR) is 50.2 cm³/mol. The van der Waals surface area contributed by atoms with Gasteiger partial charge in [-0.2, -0.15) is 5.26 Å².